The van der Waals surface area contributed by atoms with Crippen LogP contribution in [0.1, 0.15) is 30.0 Å². The Hall–Kier alpha value is -1.69. The lowest BCUT2D eigenvalue weighted by atomic mass is 10.1. The summed E-state index contributed by atoms with van der Waals surface area (Å²) in [5.41, 5.74) is 1.99. The number of guanidine groups is 1. The van der Waals surface area contributed by atoms with Crippen molar-refractivity contribution < 1.29 is 8.42 Å². The molecule has 3 rings (SSSR count). The molecule has 0 amide bonds. The van der Waals surface area contributed by atoms with Crippen LogP contribution in [0.2, 0.25) is 0 Å². The summed E-state index contributed by atoms with van der Waals surface area (Å²) < 4.78 is 26.5. The second kappa shape index (κ2) is 12.5. The van der Waals surface area contributed by atoms with Crippen LogP contribution in [0.25, 0.3) is 0 Å². The molecule has 0 bridgehead atoms. The molecule has 2 N–H and O–H groups in total. The third kappa shape index (κ3) is 6.66. The molecule has 0 spiro atoms. The van der Waals surface area contributed by atoms with Crippen LogP contribution in [-0.4, -0.2) is 64.4 Å². The summed E-state index contributed by atoms with van der Waals surface area (Å²) in [5.74, 6) is 0.650. The van der Waals surface area contributed by atoms with Crippen LogP contribution >= 0.6 is 24.0 Å². The van der Waals surface area contributed by atoms with Crippen molar-refractivity contribution in [1.29, 1.82) is 0 Å². The molecule has 0 aliphatic carbocycles. The fourth-order valence-corrected chi connectivity index (χ4v) is 4.99. The lowest BCUT2D eigenvalue weighted by Gasteiger charge is -2.29. The van der Waals surface area contributed by atoms with Crippen molar-refractivity contribution >= 4 is 40.0 Å². The zero-order chi connectivity index (χ0) is 22.3. The maximum absolute atomic E-state index is 12.6. The quantitative estimate of drug-likeness (QED) is 0.290. The van der Waals surface area contributed by atoms with E-state index in [1.165, 1.54) is 22.7 Å². The Balaban J connectivity index is 0.00000363. The number of aliphatic imine (C=N–C) groups is 1. The van der Waals surface area contributed by atoms with Gasteiger partial charge in [0.2, 0.25) is 10.0 Å². The van der Waals surface area contributed by atoms with Gasteiger partial charge in [-0.05, 0) is 43.1 Å². The van der Waals surface area contributed by atoms with E-state index in [1.54, 1.807) is 33.3 Å². The summed E-state index contributed by atoms with van der Waals surface area (Å²) in [4.78, 5) is 7.15. The predicted molar refractivity (Wildman–Crippen MR) is 141 cm³/mol. The monoisotopic (exact) mass is 571 g/mol. The highest BCUT2D eigenvalue weighted by molar-refractivity contribution is 14.0. The molecule has 1 heterocycles. The van der Waals surface area contributed by atoms with Gasteiger partial charge in [-0.25, -0.2) is 12.7 Å². The molecule has 7 nitrogen and oxygen atoms in total. The Labute approximate surface area is 209 Å². The standard InChI is InChI=1S/C23H33N5O2S.HI/c1-24-23(25-17-20-13-7-8-14-22(20)31(29,30)27(2)3)26-18-21(28-15-9-10-16-28)19-11-5-4-6-12-19;/h4-8,11-14,21H,9-10,15-18H2,1-3H3,(H2,24,25,26);1H. The molecular formula is C23H34IN5O2S. The van der Waals surface area contributed by atoms with E-state index in [9.17, 15) is 8.42 Å². The summed E-state index contributed by atoms with van der Waals surface area (Å²) in [6, 6.07) is 17.9. The van der Waals surface area contributed by atoms with Crippen molar-refractivity contribution in [2.75, 3.05) is 40.8 Å². The number of nitrogens with zero attached hydrogens (tertiary/aromatic N) is 3. The fourth-order valence-electron chi connectivity index (χ4n) is 3.88. The second-order valence-corrected chi connectivity index (χ2v) is 9.99. The van der Waals surface area contributed by atoms with Crippen molar-refractivity contribution in [2.45, 2.75) is 30.3 Å². The average Bonchev–Trinajstić information content (AvgIpc) is 3.31. The van der Waals surface area contributed by atoms with Crippen LogP contribution < -0.4 is 10.6 Å². The summed E-state index contributed by atoms with van der Waals surface area (Å²) >= 11 is 0. The minimum absolute atomic E-state index is 0. The van der Waals surface area contributed by atoms with E-state index < -0.39 is 10.0 Å². The van der Waals surface area contributed by atoms with E-state index in [0.717, 1.165) is 19.6 Å². The van der Waals surface area contributed by atoms with E-state index in [0.29, 0.717) is 23.0 Å². The molecule has 0 aromatic heterocycles. The molecule has 1 saturated heterocycles. The Bertz CT molecular complexity index is 977. The van der Waals surface area contributed by atoms with Crippen LogP contribution in [0.5, 0.6) is 0 Å². The van der Waals surface area contributed by atoms with Crippen LogP contribution in [-0.2, 0) is 16.6 Å². The fraction of sp³-hybridized carbons (Fsp3) is 0.435. The van der Waals surface area contributed by atoms with Gasteiger partial charge < -0.3 is 10.6 Å². The van der Waals surface area contributed by atoms with Gasteiger partial charge in [-0.3, -0.25) is 9.89 Å². The normalized spacial score (nSPS) is 15.9. The van der Waals surface area contributed by atoms with Crippen LogP contribution in [0, 0.1) is 0 Å². The molecule has 176 valence electrons. The molecule has 1 aliphatic rings. The van der Waals surface area contributed by atoms with E-state index in [4.69, 9.17) is 0 Å². The minimum atomic E-state index is -3.51. The highest BCUT2D eigenvalue weighted by Crippen LogP contribution is 2.24. The highest BCUT2D eigenvalue weighted by Gasteiger charge is 2.24. The minimum Gasteiger partial charge on any atom is -0.354 e. The molecule has 32 heavy (non-hydrogen) atoms. The van der Waals surface area contributed by atoms with Gasteiger partial charge >= 0.3 is 0 Å². The van der Waals surface area contributed by atoms with Crippen LogP contribution in [0.3, 0.4) is 0 Å². The van der Waals surface area contributed by atoms with E-state index in [2.05, 4.69) is 44.8 Å². The summed E-state index contributed by atoms with van der Waals surface area (Å²) in [5, 5.41) is 6.71. The summed E-state index contributed by atoms with van der Waals surface area (Å²) in [6.45, 7) is 3.29. The number of halogens is 1. The SMILES string of the molecule is CN=C(NCc1ccccc1S(=O)(=O)N(C)C)NCC(c1ccccc1)N1CCCC1.I. The smallest absolute Gasteiger partial charge is 0.242 e. The van der Waals surface area contributed by atoms with Crippen molar-refractivity contribution in [3.05, 3.63) is 65.7 Å². The van der Waals surface area contributed by atoms with Crippen LogP contribution in [0.4, 0.5) is 0 Å². The predicted octanol–water partition coefficient (Wildman–Crippen LogP) is 3.06. The third-order valence-corrected chi connectivity index (χ3v) is 7.55. The van der Waals surface area contributed by atoms with E-state index >= 15 is 0 Å². The van der Waals surface area contributed by atoms with Gasteiger partial charge in [0.25, 0.3) is 0 Å². The maximum atomic E-state index is 12.6. The molecule has 9 heteroatoms. The van der Waals surface area contributed by atoms with Gasteiger partial charge in [-0.1, -0.05) is 48.5 Å². The topological polar surface area (TPSA) is 77.0 Å². The summed E-state index contributed by atoms with van der Waals surface area (Å²) in [6.07, 6.45) is 2.46. The zero-order valence-electron chi connectivity index (χ0n) is 19.0. The third-order valence-electron chi connectivity index (χ3n) is 5.63. The number of hydrogen-bond donors (Lipinski definition) is 2. The first-order chi connectivity index (χ1) is 14.9. The molecule has 2 aromatic rings. The second-order valence-electron chi connectivity index (χ2n) is 7.87. The van der Waals surface area contributed by atoms with Crippen molar-refractivity contribution in [1.82, 2.24) is 19.8 Å². The van der Waals surface area contributed by atoms with Gasteiger partial charge in [-0.15, -0.1) is 24.0 Å². The van der Waals surface area contributed by atoms with Crippen molar-refractivity contribution in [2.24, 2.45) is 4.99 Å². The van der Waals surface area contributed by atoms with Gasteiger partial charge in [0.1, 0.15) is 0 Å². The number of sulfonamides is 1. The van der Waals surface area contributed by atoms with Gasteiger partial charge in [0.05, 0.1) is 10.9 Å². The van der Waals surface area contributed by atoms with Crippen molar-refractivity contribution in [3.63, 3.8) is 0 Å². The van der Waals surface area contributed by atoms with Gasteiger partial charge in [-0.2, -0.15) is 0 Å². The van der Waals surface area contributed by atoms with Gasteiger partial charge in [0, 0.05) is 34.2 Å². The number of rotatable bonds is 8. The molecule has 2 aromatic carbocycles. The Morgan fingerprint density at radius 3 is 2.28 bits per heavy atom. The Kier molecular flexibility index (Phi) is 10.4. The summed E-state index contributed by atoms with van der Waals surface area (Å²) in [7, 11) is 1.31. The lowest BCUT2D eigenvalue weighted by molar-refractivity contribution is 0.245. The van der Waals surface area contributed by atoms with E-state index in [1.807, 2.05) is 18.2 Å². The molecular weight excluding hydrogens is 537 g/mol. The lowest BCUT2D eigenvalue weighted by Crippen LogP contribution is -2.42. The Morgan fingerprint density at radius 2 is 1.66 bits per heavy atom. The first-order valence-electron chi connectivity index (χ1n) is 10.7. The molecule has 1 fully saturated rings. The Morgan fingerprint density at radius 1 is 1.03 bits per heavy atom. The first kappa shape index (κ1) is 26.6. The average molecular weight is 572 g/mol. The first-order valence-corrected chi connectivity index (χ1v) is 12.1. The zero-order valence-corrected chi connectivity index (χ0v) is 22.1. The van der Waals surface area contributed by atoms with Crippen molar-refractivity contribution in [3.8, 4) is 0 Å². The molecule has 0 radical (unpaired) electrons. The number of hydrogen-bond acceptors (Lipinski definition) is 4. The van der Waals surface area contributed by atoms with Crippen LogP contribution in [0.15, 0.2) is 64.5 Å². The molecule has 1 unspecified atom stereocenters. The van der Waals surface area contributed by atoms with Gasteiger partial charge in [0.15, 0.2) is 5.96 Å². The number of likely N-dealkylation sites (tertiary alicyclic amines) is 1. The largest absolute Gasteiger partial charge is 0.354 e. The molecule has 1 aliphatic heterocycles. The maximum Gasteiger partial charge on any atom is 0.242 e. The number of nitrogens with one attached hydrogen (secondary N) is 2. The molecule has 0 saturated carbocycles. The highest BCUT2D eigenvalue weighted by atomic mass is 127. The molecule has 1 atom stereocenters. The van der Waals surface area contributed by atoms with E-state index in [-0.39, 0.29) is 30.0 Å². The number of benzene rings is 2.